The van der Waals surface area contributed by atoms with Crippen molar-refractivity contribution >= 4 is 11.6 Å². The summed E-state index contributed by atoms with van der Waals surface area (Å²) in [5.41, 5.74) is 9.21. The molecule has 0 bridgehead atoms. The standard InChI is InChI=1S/C15H20N2O/c1-11-5-6-13-12(10-11)4-2-9-17(13)14(18)15(16)7-3-8-15/h5-6,10H,2-4,7-9,16H2,1H3. The van der Waals surface area contributed by atoms with E-state index in [1.54, 1.807) is 0 Å². The van der Waals surface area contributed by atoms with Crippen LogP contribution in [-0.2, 0) is 11.2 Å². The molecule has 2 aliphatic rings. The van der Waals surface area contributed by atoms with Gasteiger partial charge in [-0.1, -0.05) is 17.7 Å². The van der Waals surface area contributed by atoms with Gasteiger partial charge in [-0.3, -0.25) is 4.79 Å². The second-order valence-electron chi connectivity index (χ2n) is 5.70. The van der Waals surface area contributed by atoms with Gasteiger partial charge in [-0.05, 0) is 50.7 Å². The monoisotopic (exact) mass is 244 g/mol. The zero-order valence-corrected chi connectivity index (χ0v) is 10.9. The third-order valence-corrected chi connectivity index (χ3v) is 4.27. The molecule has 0 saturated heterocycles. The number of fused-ring (bicyclic) bond motifs is 1. The molecule has 1 heterocycles. The van der Waals surface area contributed by atoms with Gasteiger partial charge in [-0.25, -0.2) is 0 Å². The maximum absolute atomic E-state index is 12.6. The normalized spacial score (nSPS) is 21.1. The van der Waals surface area contributed by atoms with Crippen molar-refractivity contribution < 1.29 is 4.79 Å². The number of aryl methyl sites for hydroxylation is 2. The van der Waals surface area contributed by atoms with Crippen molar-refractivity contribution in [2.24, 2.45) is 5.73 Å². The summed E-state index contributed by atoms with van der Waals surface area (Å²) in [6.07, 6.45) is 4.86. The lowest BCUT2D eigenvalue weighted by atomic mass is 9.76. The number of amides is 1. The van der Waals surface area contributed by atoms with E-state index in [4.69, 9.17) is 5.73 Å². The lowest BCUT2D eigenvalue weighted by Crippen LogP contribution is -2.60. The van der Waals surface area contributed by atoms with Crippen LogP contribution in [0.3, 0.4) is 0 Å². The van der Waals surface area contributed by atoms with Gasteiger partial charge in [-0.15, -0.1) is 0 Å². The van der Waals surface area contributed by atoms with E-state index < -0.39 is 5.54 Å². The third-order valence-electron chi connectivity index (χ3n) is 4.27. The van der Waals surface area contributed by atoms with Crippen LogP contribution in [0.15, 0.2) is 18.2 Å². The smallest absolute Gasteiger partial charge is 0.247 e. The predicted octanol–water partition coefficient (Wildman–Crippen LogP) is 2.16. The van der Waals surface area contributed by atoms with E-state index in [1.165, 1.54) is 11.1 Å². The molecule has 1 aromatic rings. The lowest BCUT2D eigenvalue weighted by Gasteiger charge is -2.42. The molecule has 3 heteroatoms. The van der Waals surface area contributed by atoms with Crippen molar-refractivity contribution in [2.45, 2.75) is 44.6 Å². The minimum Gasteiger partial charge on any atom is -0.317 e. The van der Waals surface area contributed by atoms with Crippen LogP contribution in [0.4, 0.5) is 5.69 Å². The summed E-state index contributed by atoms with van der Waals surface area (Å²) < 4.78 is 0. The molecule has 1 aliphatic heterocycles. The Labute approximate surface area is 108 Å². The predicted molar refractivity (Wildman–Crippen MR) is 72.6 cm³/mol. The highest BCUT2D eigenvalue weighted by atomic mass is 16.2. The van der Waals surface area contributed by atoms with Gasteiger partial charge < -0.3 is 10.6 Å². The molecule has 1 amide bonds. The topological polar surface area (TPSA) is 46.3 Å². The third kappa shape index (κ3) is 1.74. The average Bonchev–Trinajstić information content (AvgIpc) is 2.34. The summed E-state index contributed by atoms with van der Waals surface area (Å²) in [4.78, 5) is 14.5. The maximum Gasteiger partial charge on any atom is 0.247 e. The number of carbonyl (C=O) groups excluding carboxylic acids is 1. The van der Waals surface area contributed by atoms with Crippen molar-refractivity contribution in [3.05, 3.63) is 29.3 Å². The van der Waals surface area contributed by atoms with E-state index in [1.807, 2.05) is 4.90 Å². The Morgan fingerprint density at radius 2 is 2.11 bits per heavy atom. The Morgan fingerprint density at radius 3 is 2.78 bits per heavy atom. The fourth-order valence-corrected chi connectivity index (χ4v) is 2.98. The molecule has 1 aromatic carbocycles. The second kappa shape index (κ2) is 4.09. The molecular formula is C15H20N2O. The van der Waals surface area contributed by atoms with E-state index in [-0.39, 0.29) is 5.91 Å². The highest BCUT2D eigenvalue weighted by molar-refractivity contribution is 6.01. The molecule has 0 spiro atoms. The number of nitrogens with zero attached hydrogens (tertiary/aromatic N) is 1. The zero-order valence-electron chi connectivity index (χ0n) is 10.9. The number of benzene rings is 1. The lowest BCUT2D eigenvalue weighted by molar-refractivity contribution is -0.126. The van der Waals surface area contributed by atoms with Crippen molar-refractivity contribution in [3.8, 4) is 0 Å². The van der Waals surface area contributed by atoms with Gasteiger partial charge in [0.15, 0.2) is 0 Å². The van der Waals surface area contributed by atoms with E-state index in [2.05, 4.69) is 25.1 Å². The van der Waals surface area contributed by atoms with Crippen LogP contribution >= 0.6 is 0 Å². The molecule has 0 atom stereocenters. The van der Waals surface area contributed by atoms with Crippen LogP contribution in [0.1, 0.15) is 36.8 Å². The summed E-state index contributed by atoms with van der Waals surface area (Å²) in [5, 5.41) is 0. The Hall–Kier alpha value is -1.35. The second-order valence-corrected chi connectivity index (χ2v) is 5.70. The number of hydrogen-bond donors (Lipinski definition) is 1. The number of carbonyl (C=O) groups is 1. The highest BCUT2D eigenvalue weighted by Gasteiger charge is 2.43. The van der Waals surface area contributed by atoms with Crippen LogP contribution in [0, 0.1) is 6.92 Å². The molecule has 0 radical (unpaired) electrons. The molecule has 0 unspecified atom stereocenters. The van der Waals surface area contributed by atoms with Gasteiger partial charge in [0.1, 0.15) is 0 Å². The molecule has 0 aromatic heterocycles. The maximum atomic E-state index is 12.6. The Morgan fingerprint density at radius 1 is 1.33 bits per heavy atom. The number of nitrogens with two attached hydrogens (primary N) is 1. The quantitative estimate of drug-likeness (QED) is 0.823. The van der Waals surface area contributed by atoms with Crippen LogP contribution in [0.5, 0.6) is 0 Å². The minimum absolute atomic E-state index is 0.124. The zero-order chi connectivity index (χ0) is 12.8. The summed E-state index contributed by atoms with van der Waals surface area (Å²) in [6.45, 7) is 2.91. The molecule has 3 nitrogen and oxygen atoms in total. The Balaban J connectivity index is 1.94. The molecule has 1 fully saturated rings. The van der Waals surface area contributed by atoms with E-state index in [0.717, 1.165) is 44.3 Å². The van der Waals surface area contributed by atoms with E-state index in [9.17, 15) is 4.79 Å². The van der Waals surface area contributed by atoms with Gasteiger partial charge in [0.25, 0.3) is 0 Å². The first-order valence-electron chi connectivity index (χ1n) is 6.80. The van der Waals surface area contributed by atoms with Crippen LogP contribution in [0.25, 0.3) is 0 Å². The van der Waals surface area contributed by atoms with Crippen molar-refractivity contribution in [3.63, 3.8) is 0 Å². The average molecular weight is 244 g/mol. The minimum atomic E-state index is -0.584. The van der Waals surface area contributed by atoms with Crippen LogP contribution in [-0.4, -0.2) is 18.0 Å². The van der Waals surface area contributed by atoms with Crippen LogP contribution < -0.4 is 10.6 Å². The SMILES string of the molecule is Cc1ccc2c(c1)CCCN2C(=O)C1(N)CCC1. The summed E-state index contributed by atoms with van der Waals surface area (Å²) in [5.74, 6) is 0.124. The molecule has 2 N–H and O–H groups in total. The van der Waals surface area contributed by atoms with Crippen molar-refractivity contribution in [1.82, 2.24) is 0 Å². The molecule has 1 saturated carbocycles. The highest BCUT2D eigenvalue weighted by Crippen LogP contribution is 2.35. The van der Waals surface area contributed by atoms with Crippen LogP contribution in [0.2, 0.25) is 0 Å². The molecule has 96 valence electrons. The van der Waals surface area contributed by atoms with E-state index in [0.29, 0.717) is 0 Å². The number of rotatable bonds is 1. The number of hydrogen-bond acceptors (Lipinski definition) is 2. The van der Waals surface area contributed by atoms with Gasteiger partial charge in [0.05, 0.1) is 5.54 Å². The van der Waals surface area contributed by atoms with Gasteiger partial charge in [-0.2, -0.15) is 0 Å². The fourth-order valence-electron chi connectivity index (χ4n) is 2.98. The first-order chi connectivity index (χ1) is 8.60. The largest absolute Gasteiger partial charge is 0.317 e. The summed E-state index contributed by atoms with van der Waals surface area (Å²) >= 11 is 0. The summed E-state index contributed by atoms with van der Waals surface area (Å²) in [7, 11) is 0. The molecule has 18 heavy (non-hydrogen) atoms. The first kappa shape index (κ1) is 11.7. The fraction of sp³-hybridized carbons (Fsp3) is 0.533. The first-order valence-corrected chi connectivity index (χ1v) is 6.80. The number of anilines is 1. The van der Waals surface area contributed by atoms with Gasteiger partial charge in [0.2, 0.25) is 5.91 Å². The van der Waals surface area contributed by atoms with Gasteiger partial charge >= 0.3 is 0 Å². The molecule has 3 rings (SSSR count). The van der Waals surface area contributed by atoms with Gasteiger partial charge in [0, 0.05) is 12.2 Å². The van der Waals surface area contributed by atoms with Crippen molar-refractivity contribution in [2.75, 3.05) is 11.4 Å². The Kier molecular flexibility index (Phi) is 2.67. The summed E-state index contributed by atoms with van der Waals surface area (Å²) in [6, 6.07) is 6.34. The van der Waals surface area contributed by atoms with E-state index >= 15 is 0 Å². The van der Waals surface area contributed by atoms with Crippen molar-refractivity contribution in [1.29, 1.82) is 0 Å². The molecular weight excluding hydrogens is 224 g/mol. The molecule has 1 aliphatic carbocycles. The Bertz CT molecular complexity index is 491.